The van der Waals surface area contributed by atoms with Gasteiger partial charge in [0.15, 0.2) is 0 Å². The molecular weight excluding hydrogens is 244 g/mol. The lowest BCUT2D eigenvalue weighted by atomic mass is 10.2. The molecule has 0 fully saturated rings. The van der Waals surface area contributed by atoms with Crippen LogP contribution in [0.25, 0.3) is 10.9 Å². The highest BCUT2D eigenvalue weighted by Gasteiger charge is 2.07. The Balaban J connectivity index is 2.05. The maximum Gasteiger partial charge on any atom is 0.128 e. The van der Waals surface area contributed by atoms with Crippen molar-refractivity contribution in [2.75, 3.05) is 0 Å². The van der Waals surface area contributed by atoms with E-state index in [1.54, 1.807) is 0 Å². The molecule has 3 aromatic rings. The maximum atomic E-state index is 13.7. The minimum atomic E-state index is -0.413. The number of fused-ring (bicyclic) bond motifs is 1. The summed E-state index contributed by atoms with van der Waals surface area (Å²) in [7, 11) is 0. The molecule has 0 atom stereocenters. The summed E-state index contributed by atoms with van der Waals surface area (Å²) in [5, 5.41) is 1.10. The molecule has 1 nitrogen and oxygen atoms in total. The van der Waals surface area contributed by atoms with Gasteiger partial charge >= 0.3 is 0 Å². The van der Waals surface area contributed by atoms with Crippen LogP contribution in [0.15, 0.2) is 48.7 Å². The number of rotatable bonds is 2. The van der Waals surface area contributed by atoms with Crippen LogP contribution in [-0.2, 0) is 6.54 Å². The summed E-state index contributed by atoms with van der Waals surface area (Å²) in [5.41, 5.74) is 2.54. The van der Waals surface area contributed by atoms with Crippen molar-refractivity contribution in [1.82, 2.24) is 4.57 Å². The molecule has 0 saturated carbocycles. The van der Waals surface area contributed by atoms with E-state index in [0.717, 1.165) is 22.5 Å². The van der Waals surface area contributed by atoms with Crippen LogP contribution < -0.4 is 0 Å². The monoisotopic (exact) mass is 257 g/mol. The molecule has 0 aliphatic heterocycles. The summed E-state index contributed by atoms with van der Waals surface area (Å²) in [6.45, 7) is 2.34. The number of nitrogens with zero attached hydrogens (tertiary/aromatic N) is 1. The van der Waals surface area contributed by atoms with Gasteiger partial charge in [0.2, 0.25) is 0 Å². The lowest BCUT2D eigenvalue weighted by Crippen LogP contribution is -2.01. The first kappa shape index (κ1) is 11.9. The van der Waals surface area contributed by atoms with Gasteiger partial charge in [-0.1, -0.05) is 12.1 Å². The smallest absolute Gasteiger partial charge is 0.128 e. The van der Waals surface area contributed by atoms with Gasteiger partial charge in [0.05, 0.1) is 6.54 Å². The van der Waals surface area contributed by atoms with Gasteiger partial charge in [-0.2, -0.15) is 0 Å². The standard InChI is InChI=1S/C16H13F2N/c1-11-2-3-12-6-7-19(16(12)8-11)10-13-9-14(17)4-5-15(13)18/h2-9H,10H2,1H3. The number of hydrogen-bond acceptors (Lipinski definition) is 0. The van der Waals surface area contributed by atoms with Crippen LogP contribution in [-0.4, -0.2) is 4.57 Å². The minimum Gasteiger partial charge on any atom is -0.343 e. The molecular formula is C16H13F2N. The third-order valence-electron chi connectivity index (χ3n) is 3.28. The SMILES string of the molecule is Cc1ccc2ccn(Cc3cc(F)ccc3F)c2c1. The van der Waals surface area contributed by atoms with Crippen molar-refractivity contribution in [2.24, 2.45) is 0 Å². The second-order valence-corrected chi connectivity index (χ2v) is 4.74. The average Bonchev–Trinajstić information content (AvgIpc) is 2.77. The normalized spacial score (nSPS) is 11.1. The molecule has 0 radical (unpaired) electrons. The van der Waals surface area contributed by atoms with E-state index < -0.39 is 5.82 Å². The number of aryl methyl sites for hydroxylation is 1. The van der Waals surface area contributed by atoms with Crippen LogP contribution in [0.3, 0.4) is 0 Å². The molecule has 96 valence electrons. The minimum absolute atomic E-state index is 0.330. The Morgan fingerprint density at radius 3 is 2.68 bits per heavy atom. The summed E-state index contributed by atoms with van der Waals surface area (Å²) >= 11 is 0. The Hall–Kier alpha value is -2.16. The molecule has 0 amide bonds. The second kappa shape index (κ2) is 4.50. The van der Waals surface area contributed by atoms with Crippen LogP contribution >= 0.6 is 0 Å². The number of hydrogen-bond donors (Lipinski definition) is 0. The summed E-state index contributed by atoms with van der Waals surface area (Å²) in [4.78, 5) is 0. The molecule has 0 aliphatic rings. The van der Waals surface area contributed by atoms with Crippen molar-refractivity contribution in [2.45, 2.75) is 13.5 Å². The van der Waals surface area contributed by atoms with Crippen molar-refractivity contribution in [1.29, 1.82) is 0 Å². The van der Waals surface area contributed by atoms with Gasteiger partial charge in [0.1, 0.15) is 11.6 Å². The van der Waals surface area contributed by atoms with E-state index >= 15 is 0 Å². The largest absolute Gasteiger partial charge is 0.343 e. The predicted octanol–water partition coefficient (Wildman–Crippen LogP) is 4.28. The van der Waals surface area contributed by atoms with Crippen molar-refractivity contribution < 1.29 is 8.78 Å². The Morgan fingerprint density at radius 2 is 1.84 bits per heavy atom. The summed E-state index contributed by atoms with van der Waals surface area (Å²) in [5.74, 6) is -0.792. The van der Waals surface area contributed by atoms with Crippen LogP contribution in [0.2, 0.25) is 0 Å². The zero-order chi connectivity index (χ0) is 13.4. The quantitative estimate of drug-likeness (QED) is 0.646. The first-order valence-electron chi connectivity index (χ1n) is 6.13. The van der Waals surface area contributed by atoms with Gasteiger partial charge in [-0.15, -0.1) is 0 Å². The van der Waals surface area contributed by atoms with Gasteiger partial charge in [-0.3, -0.25) is 0 Å². The van der Waals surface area contributed by atoms with Crippen LogP contribution in [0, 0.1) is 18.6 Å². The third-order valence-corrected chi connectivity index (χ3v) is 3.28. The molecule has 19 heavy (non-hydrogen) atoms. The first-order valence-corrected chi connectivity index (χ1v) is 6.13. The fourth-order valence-electron chi connectivity index (χ4n) is 2.28. The summed E-state index contributed by atoms with van der Waals surface area (Å²) < 4.78 is 28.8. The third kappa shape index (κ3) is 2.24. The van der Waals surface area contributed by atoms with E-state index in [-0.39, 0.29) is 5.82 Å². The molecule has 1 aromatic heterocycles. The van der Waals surface area contributed by atoms with Gasteiger partial charge in [0.25, 0.3) is 0 Å². The topological polar surface area (TPSA) is 4.93 Å². The molecule has 0 unspecified atom stereocenters. The molecule has 0 bridgehead atoms. The second-order valence-electron chi connectivity index (χ2n) is 4.74. The lowest BCUT2D eigenvalue weighted by molar-refractivity contribution is 0.579. The van der Waals surface area contributed by atoms with E-state index in [2.05, 4.69) is 0 Å². The van der Waals surface area contributed by atoms with Gasteiger partial charge in [-0.05, 0) is 48.2 Å². The highest BCUT2D eigenvalue weighted by molar-refractivity contribution is 5.80. The van der Waals surface area contributed by atoms with E-state index in [4.69, 9.17) is 0 Å². The Bertz CT molecular complexity index is 744. The summed E-state index contributed by atoms with van der Waals surface area (Å²) in [6, 6.07) is 11.6. The molecule has 0 aliphatic carbocycles. The molecule has 2 aromatic carbocycles. The van der Waals surface area contributed by atoms with E-state index in [0.29, 0.717) is 12.1 Å². The van der Waals surface area contributed by atoms with Gasteiger partial charge < -0.3 is 4.57 Å². The molecule has 0 spiro atoms. The van der Waals surface area contributed by atoms with Crippen LogP contribution in [0.1, 0.15) is 11.1 Å². The lowest BCUT2D eigenvalue weighted by Gasteiger charge is -2.07. The summed E-state index contributed by atoms with van der Waals surface area (Å²) in [6.07, 6.45) is 1.90. The van der Waals surface area contributed by atoms with Gasteiger partial charge in [0, 0.05) is 17.3 Å². The number of aromatic nitrogens is 1. The van der Waals surface area contributed by atoms with E-state index in [9.17, 15) is 8.78 Å². The number of benzene rings is 2. The predicted molar refractivity (Wildman–Crippen MR) is 72.1 cm³/mol. The Morgan fingerprint density at radius 1 is 1.00 bits per heavy atom. The van der Waals surface area contributed by atoms with Gasteiger partial charge in [-0.25, -0.2) is 8.78 Å². The van der Waals surface area contributed by atoms with Crippen molar-refractivity contribution in [3.63, 3.8) is 0 Å². The molecule has 1 heterocycles. The Labute approximate surface area is 110 Å². The number of halogens is 2. The molecule has 3 rings (SSSR count). The average molecular weight is 257 g/mol. The van der Waals surface area contributed by atoms with E-state index in [1.807, 2.05) is 42.0 Å². The molecule has 3 heteroatoms. The first-order chi connectivity index (χ1) is 9.13. The Kier molecular flexibility index (Phi) is 2.82. The van der Waals surface area contributed by atoms with Crippen molar-refractivity contribution in [3.8, 4) is 0 Å². The zero-order valence-corrected chi connectivity index (χ0v) is 10.5. The van der Waals surface area contributed by atoms with Crippen molar-refractivity contribution in [3.05, 3.63) is 71.4 Å². The fourth-order valence-corrected chi connectivity index (χ4v) is 2.28. The molecule has 0 saturated heterocycles. The van der Waals surface area contributed by atoms with Crippen LogP contribution in [0.4, 0.5) is 8.78 Å². The maximum absolute atomic E-state index is 13.7. The highest BCUT2D eigenvalue weighted by Crippen LogP contribution is 2.20. The zero-order valence-electron chi connectivity index (χ0n) is 10.5. The molecule has 0 N–H and O–H groups in total. The van der Waals surface area contributed by atoms with Crippen molar-refractivity contribution >= 4 is 10.9 Å². The van der Waals surface area contributed by atoms with Crippen LogP contribution in [0.5, 0.6) is 0 Å². The highest BCUT2D eigenvalue weighted by atomic mass is 19.1. The van der Waals surface area contributed by atoms with E-state index in [1.165, 1.54) is 12.1 Å². The fraction of sp³-hybridized carbons (Fsp3) is 0.125.